The van der Waals surface area contributed by atoms with Gasteiger partial charge in [0.05, 0.1) is 11.2 Å². The Hall–Kier alpha value is -0.940. The van der Waals surface area contributed by atoms with Gasteiger partial charge in [-0.05, 0) is 32.1 Å². The average molecular weight is 293 g/mol. The summed E-state index contributed by atoms with van der Waals surface area (Å²) in [6.45, 7) is 7.05. The van der Waals surface area contributed by atoms with Crippen molar-refractivity contribution in [3.05, 3.63) is 16.1 Å². The summed E-state index contributed by atoms with van der Waals surface area (Å²) in [5.41, 5.74) is 3.05. The van der Waals surface area contributed by atoms with Gasteiger partial charge in [0.2, 0.25) is 5.91 Å². The molecule has 0 radical (unpaired) electrons. The molecule has 1 saturated carbocycles. The van der Waals surface area contributed by atoms with E-state index in [-0.39, 0.29) is 0 Å². The first-order valence-electron chi connectivity index (χ1n) is 7.56. The van der Waals surface area contributed by atoms with E-state index in [1.165, 1.54) is 4.88 Å². The number of hydrogen-bond donors (Lipinski definition) is 1. The Morgan fingerprint density at radius 3 is 2.90 bits per heavy atom. The minimum absolute atomic E-state index is 0.353. The van der Waals surface area contributed by atoms with Gasteiger partial charge in [0.1, 0.15) is 0 Å². The largest absolute Gasteiger partial charge is 0.342 e. The molecule has 2 atom stereocenters. The zero-order valence-corrected chi connectivity index (χ0v) is 13.1. The van der Waals surface area contributed by atoms with Crippen molar-refractivity contribution in [1.82, 2.24) is 15.2 Å². The van der Waals surface area contributed by atoms with Crippen molar-refractivity contribution in [2.45, 2.75) is 45.7 Å². The summed E-state index contributed by atoms with van der Waals surface area (Å²) in [6.07, 6.45) is 3.28. The van der Waals surface area contributed by atoms with E-state index in [2.05, 4.69) is 29.0 Å². The quantitative estimate of drug-likeness (QED) is 0.925. The van der Waals surface area contributed by atoms with Crippen LogP contribution in [0.15, 0.2) is 5.51 Å². The lowest BCUT2D eigenvalue weighted by Crippen LogP contribution is -2.50. The summed E-state index contributed by atoms with van der Waals surface area (Å²) in [5, 5.41) is 3.65. The molecular weight excluding hydrogens is 270 g/mol. The zero-order valence-electron chi connectivity index (χ0n) is 12.3. The first-order chi connectivity index (χ1) is 9.65. The number of carbonyl (C=O) groups is 1. The van der Waals surface area contributed by atoms with Gasteiger partial charge >= 0.3 is 0 Å². The van der Waals surface area contributed by atoms with Gasteiger partial charge in [-0.3, -0.25) is 4.79 Å². The van der Waals surface area contributed by atoms with Crippen molar-refractivity contribution in [2.24, 2.45) is 11.8 Å². The zero-order chi connectivity index (χ0) is 14.1. The molecule has 4 nitrogen and oxygen atoms in total. The van der Waals surface area contributed by atoms with Crippen LogP contribution < -0.4 is 5.32 Å². The molecular formula is C15H23N3OS. The number of nitrogens with one attached hydrogen (secondary N) is 1. The van der Waals surface area contributed by atoms with Crippen LogP contribution in [0.3, 0.4) is 0 Å². The minimum atomic E-state index is 0.353. The minimum Gasteiger partial charge on any atom is -0.342 e. The molecule has 1 amide bonds. The molecule has 2 aliphatic rings. The van der Waals surface area contributed by atoms with Crippen LogP contribution in [0.5, 0.6) is 0 Å². The Morgan fingerprint density at radius 1 is 1.50 bits per heavy atom. The number of hydrogen-bond acceptors (Lipinski definition) is 4. The molecule has 2 heterocycles. The van der Waals surface area contributed by atoms with Crippen molar-refractivity contribution in [3.8, 4) is 0 Å². The van der Waals surface area contributed by atoms with E-state index >= 15 is 0 Å². The number of amides is 1. The molecule has 1 aliphatic carbocycles. The summed E-state index contributed by atoms with van der Waals surface area (Å²) in [5.74, 6) is 1.28. The van der Waals surface area contributed by atoms with E-state index < -0.39 is 0 Å². The molecule has 110 valence electrons. The van der Waals surface area contributed by atoms with E-state index in [0.29, 0.717) is 23.8 Å². The van der Waals surface area contributed by atoms with E-state index in [1.54, 1.807) is 11.3 Å². The Morgan fingerprint density at radius 2 is 2.30 bits per heavy atom. The van der Waals surface area contributed by atoms with Gasteiger partial charge in [-0.15, -0.1) is 11.3 Å². The third kappa shape index (κ3) is 3.04. The van der Waals surface area contributed by atoms with Crippen LogP contribution >= 0.6 is 11.3 Å². The number of nitrogens with zero attached hydrogens (tertiary/aromatic N) is 2. The van der Waals surface area contributed by atoms with Crippen LogP contribution in [0, 0.1) is 18.8 Å². The molecule has 3 rings (SSSR count). The Balaban J connectivity index is 1.50. The van der Waals surface area contributed by atoms with Crippen LogP contribution in [0.25, 0.3) is 0 Å². The monoisotopic (exact) mass is 293 g/mol. The van der Waals surface area contributed by atoms with Gasteiger partial charge in [0.25, 0.3) is 0 Å². The molecule has 1 aromatic heterocycles. The van der Waals surface area contributed by atoms with Gasteiger partial charge < -0.3 is 10.2 Å². The lowest BCUT2D eigenvalue weighted by atomic mass is 9.93. The van der Waals surface area contributed by atoms with Crippen molar-refractivity contribution in [3.63, 3.8) is 0 Å². The molecule has 1 aliphatic heterocycles. The second-order valence-electron chi connectivity index (χ2n) is 6.17. The number of rotatable bonds is 4. The van der Waals surface area contributed by atoms with Crippen LogP contribution in [0.1, 0.15) is 36.8 Å². The maximum Gasteiger partial charge on any atom is 0.225 e. The molecule has 0 unspecified atom stereocenters. The second kappa shape index (κ2) is 5.82. The van der Waals surface area contributed by atoms with Crippen molar-refractivity contribution in [1.29, 1.82) is 0 Å². The number of likely N-dealkylation sites (tertiary alicyclic amines) is 1. The number of carbonyl (C=O) groups excluding carboxylic acids is 1. The van der Waals surface area contributed by atoms with E-state index in [0.717, 1.165) is 44.6 Å². The summed E-state index contributed by atoms with van der Waals surface area (Å²) in [6, 6.07) is 0.514. The molecule has 0 bridgehead atoms. The predicted octanol–water partition coefficient (Wildman–Crippen LogP) is 2.19. The first kappa shape index (κ1) is 14.0. The smallest absolute Gasteiger partial charge is 0.225 e. The highest BCUT2D eigenvalue weighted by atomic mass is 32.1. The topological polar surface area (TPSA) is 45.2 Å². The fourth-order valence-corrected chi connectivity index (χ4v) is 3.69. The molecule has 1 saturated heterocycles. The fourth-order valence-electron chi connectivity index (χ4n) is 2.96. The van der Waals surface area contributed by atoms with Crippen LogP contribution in [0.4, 0.5) is 0 Å². The number of thiazole rings is 1. The average Bonchev–Trinajstić information content (AvgIpc) is 3.20. The molecule has 20 heavy (non-hydrogen) atoms. The highest BCUT2D eigenvalue weighted by Crippen LogP contribution is 2.32. The summed E-state index contributed by atoms with van der Waals surface area (Å²) >= 11 is 1.72. The number of piperidine rings is 1. The van der Waals surface area contributed by atoms with Crippen molar-refractivity contribution < 1.29 is 4.79 Å². The van der Waals surface area contributed by atoms with E-state index in [4.69, 9.17) is 0 Å². The molecule has 0 aromatic carbocycles. The van der Waals surface area contributed by atoms with Crippen LogP contribution in [-0.2, 0) is 11.3 Å². The van der Waals surface area contributed by atoms with Gasteiger partial charge in [-0.1, -0.05) is 6.92 Å². The Bertz CT molecular complexity index is 483. The molecule has 1 N–H and O–H groups in total. The van der Waals surface area contributed by atoms with Gasteiger partial charge in [0, 0.05) is 36.5 Å². The normalized spacial score (nSPS) is 26.8. The van der Waals surface area contributed by atoms with Gasteiger partial charge in [0.15, 0.2) is 0 Å². The summed E-state index contributed by atoms with van der Waals surface area (Å²) in [4.78, 5) is 19.8. The van der Waals surface area contributed by atoms with E-state index in [9.17, 15) is 4.79 Å². The molecule has 0 spiro atoms. The molecule has 2 fully saturated rings. The third-order valence-corrected chi connectivity index (χ3v) is 5.45. The van der Waals surface area contributed by atoms with Crippen molar-refractivity contribution >= 4 is 17.2 Å². The lowest BCUT2D eigenvalue weighted by Gasteiger charge is -2.37. The number of aryl methyl sites for hydroxylation is 1. The Kier molecular flexibility index (Phi) is 4.08. The number of aromatic nitrogens is 1. The lowest BCUT2D eigenvalue weighted by molar-refractivity contribution is -0.134. The Labute approximate surface area is 124 Å². The second-order valence-corrected chi connectivity index (χ2v) is 7.11. The first-order valence-corrected chi connectivity index (χ1v) is 8.44. The molecule has 1 aromatic rings. The molecule has 5 heteroatoms. The third-order valence-electron chi connectivity index (χ3n) is 4.51. The SMILES string of the molecule is Cc1ncsc1CN[C@H]1CCN(C(=O)C2CC2)C[C@@H]1C. The summed E-state index contributed by atoms with van der Waals surface area (Å²) in [7, 11) is 0. The van der Waals surface area contributed by atoms with Gasteiger partial charge in [-0.25, -0.2) is 4.98 Å². The van der Waals surface area contributed by atoms with Gasteiger partial charge in [-0.2, -0.15) is 0 Å². The highest BCUT2D eigenvalue weighted by Gasteiger charge is 2.36. The van der Waals surface area contributed by atoms with E-state index in [1.807, 2.05) is 5.51 Å². The maximum absolute atomic E-state index is 12.1. The predicted molar refractivity (Wildman–Crippen MR) is 80.6 cm³/mol. The summed E-state index contributed by atoms with van der Waals surface area (Å²) < 4.78 is 0. The maximum atomic E-state index is 12.1. The van der Waals surface area contributed by atoms with Crippen molar-refractivity contribution in [2.75, 3.05) is 13.1 Å². The van der Waals surface area contributed by atoms with Crippen LogP contribution in [0.2, 0.25) is 0 Å². The fraction of sp³-hybridized carbons (Fsp3) is 0.733. The standard InChI is InChI=1S/C15H23N3OS/c1-10-8-18(15(19)12-3-4-12)6-5-13(10)16-7-14-11(2)17-9-20-14/h9-10,12-13,16H,3-8H2,1-2H3/t10-,13-/m0/s1. The van der Waals surface area contributed by atoms with Crippen LogP contribution in [-0.4, -0.2) is 34.9 Å². The highest BCUT2D eigenvalue weighted by molar-refractivity contribution is 7.09.